The minimum absolute atomic E-state index is 0.321. The lowest BCUT2D eigenvalue weighted by Gasteiger charge is -2.13. The van der Waals surface area contributed by atoms with Crippen LogP contribution >= 0.6 is 0 Å². The molecular weight excluding hydrogens is 210 g/mol. The van der Waals surface area contributed by atoms with Crippen LogP contribution in [0.25, 0.3) is 0 Å². The van der Waals surface area contributed by atoms with Crippen LogP contribution in [-0.2, 0) is 6.42 Å². The molecule has 1 atom stereocenters. The highest BCUT2D eigenvalue weighted by molar-refractivity contribution is 5.19. The van der Waals surface area contributed by atoms with Gasteiger partial charge in [-0.25, -0.2) is 8.78 Å². The summed E-state index contributed by atoms with van der Waals surface area (Å²) < 4.78 is 26.1. The molecule has 0 fully saturated rings. The lowest BCUT2D eigenvalue weighted by Crippen LogP contribution is -2.36. The molecule has 0 radical (unpaired) electrons. The SMILES string of the molecule is CNCC(C)NCCc1cccc(F)c1F. The van der Waals surface area contributed by atoms with Gasteiger partial charge in [0, 0.05) is 12.6 Å². The summed E-state index contributed by atoms with van der Waals surface area (Å²) in [5.41, 5.74) is 0.421. The molecule has 0 bridgehead atoms. The maximum absolute atomic E-state index is 13.3. The van der Waals surface area contributed by atoms with Crippen LogP contribution in [0.2, 0.25) is 0 Å². The van der Waals surface area contributed by atoms with E-state index in [4.69, 9.17) is 0 Å². The quantitative estimate of drug-likeness (QED) is 0.774. The van der Waals surface area contributed by atoms with E-state index in [9.17, 15) is 8.78 Å². The molecule has 4 heteroatoms. The van der Waals surface area contributed by atoms with Gasteiger partial charge in [-0.15, -0.1) is 0 Å². The van der Waals surface area contributed by atoms with E-state index >= 15 is 0 Å². The fraction of sp³-hybridized carbons (Fsp3) is 0.500. The predicted octanol–water partition coefficient (Wildman–Crippen LogP) is 1.70. The van der Waals surface area contributed by atoms with Gasteiger partial charge >= 0.3 is 0 Å². The van der Waals surface area contributed by atoms with E-state index in [2.05, 4.69) is 10.6 Å². The van der Waals surface area contributed by atoms with Gasteiger partial charge in [-0.3, -0.25) is 0 Å². The van der Waals surface area contributed by atoms with E-state index < -0.39 is 11.6 Å². The summed E-state index contributed by atoms with van der Waals surface area (Å²) in [5.74, 6) is -1.51. The lowest BCUT2D eigenvalue weighted by molar-refractivity contribution is 0.488. The monoisotopic (exact) mass is 228 g/mol. The van der Waals surface area contributed by atoms with Crippen molar-refractivity contribution >= 4 is 0 Å². The van der Waals surface area contributed by atoms with Crippen LogP contribution in [0.15, 0.2) is 18.2 Å². The molecule has 0 saturated heterocycles. The van der Waals surface area contributed by atoms with Gasteiger partial charge in [0.1, 0.15) is 0 Å². The maximum Gasteiger partial charge on any atom is 0.162 e. The second-order valence-electron chi connectivity index (χ2n) is 3.88. The number of halogens is 2. The highest BCUT2D eigenvalue weighted by Gasteiger charge is 2.07. The molecule has 0 heterocycles. The van der Waals surface area contributed by atoms with Crippen molar-refractivity contribution < 1.29 is 8.78 Å². The van der Waals surface area contributed by atoms with Gasteiger partial charge in [-0.1, -0.05) is 12.1 Å². The Bertz CT molecular complexity index is 329. The number of rotatable bonds is 6. The van der Waals surface area contributed by atoms with Crippen LogP contribution in [0.5, 0.6) is 0 Å². The molecule has 90 valence electrons. The molecule has 0 spiro atoms. The third-order valence-electron chi connectivity index (χ3n) is 2.43. The largest absolute Gasteiger partial charge is 0.318 e. The molecule has 1 aromatic rings. The van der Waals surface area contributed by atoms with Crippen LogP contribution in [0, 0.1) is 11.6 Å². The Balaban J connectivity index is 2.40. The molecule has 1 unspecified atom stereocenters. The van der Waals surface area contributed by atoms with Gasteiger partial charge in [0.05, 0.1) is 0 Å². The standard InChI is InChI=1S/C12H18F2N2/c1-9(8-15-2)16-7-6-10-4-3-5-11(13)12(10)14/h3-5,9,15-16H,6-8H2,1-2H3. The first kappa shape index (κ1) is 13.1. The molecule has 16 heavy (non-hydrogen) atoms. The molecule has 1 rings (SSSR count). The van der Waals surface area contributed by atoms with Crippen LogP contribution < -0.4 is 10.6 Å². The molecular formula is C12H18F2N2. The van der Waals surface area contributed by atoms with E-state index in [-0.39, 0.29) is 0 Å². The Labute approximate surface area is 95.1 Å². The van der Waals surface area contributed by atoms with Crippen molar-refractivity contribution in [1.29, 1.82) is 0 Å². The van der Waals surface area contributed by atoms with Crippen molar-refractivity contribution in [2.75, 3.05) is 20.1 Å². The normalized spacial score (nSPS) is 12.8. The van der Waals surface area contributed by atoms with Gasteiger partial charge in [0.2, 0.25) is 0 Å². The third-order valence-corrected chi connectivity index (χ3v) is 2.43. The number of benzene rings is 1. The Hall–Kier alpha value is -1.00. The van der Waals surface area contributed by atoms with Crippen LogP contribution in [0.4, 0.5) is 8.78 Å². The van der Waals surface area contributed by atoms with Crippen LogP contribution in [-0.4, -0.2) is 26.2 Å². The highest BCUT2D eigenvalue weighted by Crippen LogP contribution is 2.11. The Kier molecular flexibility index (Phi) is 5.35. The second kappa shape index (κ2) is 6.55. The molecule has 0 saturated carbocycles. The van der Waals surface area contributed by atoms with E-state index in [1.165, 1.54) is 6.07 Å². The summed E-state index contributed by atoms with van der Waals surface area (Å²) in [6.07, 6.45) is 0.498. The second-order valence-corrected chi connectivity index (χ2v) is 3.88. The van der Waals surface area contributed by atoms with E-state index in [1.54, 1.807) is 6.07 Å². The van der Waals surface area contributed by atoms with Crippen molar-refractivity contribution in [2.45, 2.75) is 19.4 Å². The third kappa shape index (κ3) is 3.87. The summed E-state index contributed by atoms with van der Waals surface area (Å²) in [6.45, 7) is 3.54. The molecule has 0 aliphatic rings. The maximum atomic E-state index is 13.3. The fourth-order valence-electron chi connectivity index (χ4n) is 1.57. The molecule has 2 N–H and O–H groups in total. The molecule has 0 amide bonds. The average Bonchev–Trinajstić information content (AvgIpc) is 2.25. The summed E-state index contributed by atoms with van der Waals surface area (Å²) in [7, 11) is 1.88. The summed E-state index contributed by atoms with van der Waals surface area (Å²) in [4.78, 5) is 0. The summed E-state index contributed by atoms with van der Waals surface area (Å²) in [6, 6.07) is 4.60. The zero-order chi connectivity index (χ0) is 12.0. The van der Waals surface area contributed by atoms with Crippen molar-refractivity contribution in [3.05, 3.63) is 35.4 Å². The number of likely N-dealkylation sites (N-methyl/N-ethyl adjacent to an activating group) is 1. The average molecular weight is 228 g/mol. The fourth-order valence-corrected chi connectivity index (χ4v) is 1.57. The smallest absolute Gasteiger partial charge is 0.162 e. The van der Waals surface area contributed by atoms with Gasteiger partial charge in [-0.2, -0.15) is 0 Å². The number of hydrogen-bond donors (Lipinski definition) is 2. The first-order valence-electron chi connectivity index (χ1n) is 5.46. The Morgan fingerprint density at radius 1 is 1.31 bits per heavy atom. The van der Waals surface area contributed by atoms with E-state index in [0.29, 0.717) is 24.6 Å². The zero-order valence-corrected chi connectivity index (χ0v) is 9.69. The molecule has 0 aliphatic heterocycles. The van der Waals surface area contributed by atoms with Gasteiger partial charge < -0.3 is 10.6 Å². The van der Waals surface area contributed by atoms with E-state index in [0.717, 1.165) is 12.6 Å². The Morgan fingerprint density at radius 2 is 2.06 bits per heavy atom. The van der Waals surface area contributed by atoms with Crippen molar-refractivity contribution in [2.24, 2.45) is 0 Å². The molecule has 1 aromatic carbocycles. The van der Waals surface area contributed by atoms with Crippen LogP contribution in [0.3, 0.4) is 0 Å². The predicted molar refractivity (Wildman–Crippen MR) is 61.5 cm³/mol. The first-order chi connectivity index (χ1) is 7.65. The summed E-state index contributed by atoms with van der Waals surface area (Å²) in [5, 5.41) is 6.27. The first-order valence-corrected chi connectivity index (χ1v) is 5.46. The van der Waals surface area contributed by atoms with Crippen LogP contribution in [0.1, 0.15) is 12.5 Å². The minimum atomic E-state index is -0.777. The summed E-state index contributed by atoms with van der Waals surface area (Å²) >= 11 is 0. The van der Waals surface area contributed by atoms with E-state index in [1.807, 2.05) is 14.0 Å². The zero-order valence-electron chi connectivity index (χ0n) is 9.69. The number of nitrogens with one attached hydrogen (secondary N) is 2. The highest BCUT2D eigenvalue weighted by atomic mass is 19.2. The van der Waals surface area contributed by atoms with Gasteiger partial charge in [0.15, 0.2) is 11.6 Å². The van der Waals surface area contributed by atoms with Gasteiger partial charge in [0.25, 0.3) is 0 Å². The van der Waals surface area contributed by atoms with Crippen molar-refractivity contribution in [3.8, 4) is 0 Å². The Morgan fingerprint density at radius 3 is 2.75 bits per heavy atom. The topological polar surface area (TPSA) is 24.1 Å². The lowest BCUT2D eigenvalue weighted by atomic mass is 10.1. The molecule has 0 aromatic heterocycles. The van der Waals surface area contributed by atoms with Crippen molar-refractivity contribution in [3.63, 3.8) is 0 Å². The van der Waals surface area contributed by atoms with Gasteiger partial charge in [-0.05, 0) is 38.6 Å². The number of hydrogen-bond acceptors (Lipinski definition) is 2. The van der Waals surface area contributed by atoms with Crippen molar-refractivity contribution in [1.82, 2.24) is 10.6 Å². The molecule has 2 nitrogen and oxygen atoms in total. The minimum Gasteiger partial charge on any atom is -0.318 e. The molecule has 0 aliphatic carbocycles.